The number of nitrogens with zero attached hydrogens (tertiary/aromatic N) is 1. The fraction of sp³-hybridized carbons (Fsp3) is 0. The summed E-state index contributed by atoms with van der Waals surface area (Å²) in [6.07, 6.45) is 0. The van der Waals surface area contributed by atoms with Gasteiger partial charge in [0.1, 0.15) is 22.6 Å². The SMILES string of the molecule is Fc1ccc(N(c2ccc3c(c2)oc2ccc4ccccc4c23)c2cccc3c2oc2ccccc23)cc1. The molecule has 4 heteroatoms. The molecule has 0 fully saturated rings. The molecule has 8 rings (SSSR count). The van der Waals surface area contributed by atoms with Crippen molar-refractivity contribution in [1.29, 1.82) is 0 Å². The van der Waals surface area contributed by atoms with E-state index >= 15 is 0 Å². The molecule has 0 amide bonds. The summed E-state index contributed by atoms with van der Waals surface area (Å²) in [4.78, 5) is 2.09. The highest BCUT2D eigenvalue weighted by atomic mass is 19.1. The molecule has 38 heavy (non-hydrogen) atoms. The lowest BCUT2D eigenvalue weighted by molar-refractivity contribution is 0.628. The molecule has 2 heterocycles. The van der Waals surface area contributed by atoms with E-state index in [1.807, 2.05) is 42.5 Å². The number of rotatable bonds is 3. The molecule has 180 valence electrons. The first-order valence-corrected chi connectivity index (χ1v) is 12.5. The maximum Gasteiger partial charge on any atom is 0.159 e. The highest BCUT2D eigenvalue weighted by Crippen LogP contribution is 2.44. The van der Waals surface area contributed by atoms with Crippen LogP contribution in [0.2, 0.25) is 0 Å². The van der Waals surface area contributed by atoms with Gasteiger partial charge in [-0.05, 0) is 65.4 Å². The molecule has 6 aromatic carbocycles. The Morgan fingerprint density at radius 3 is 2.16 bits per heavy atom. The molecule has 0 bridgehead atoms. The Labute approximate surface area is 216 Å². The van der Waals surface area contributed by atoms with Crippen molar-refractivity contribution in [3.63, 3.8) is 0 Å². The number of para-hydroxylation sites is 2. The minimum absolute atomic E-state index is 0.282. The molecule has 0 unspecified atom stereocenters. The standard InChI is InChI=1S/C34H20FNO2/c35-22-13-15-23(16-14-22)36(29-10-5-9-27-26-8-3-4-11-30(26)38-34(27)29)24-17-18-28-32(20-24)37-31-19-12-21-6-1-2-7-25(21)33(28)31/h1-20H. The highest BCUT2D eigenvalue weighted by Gasteiger charge is 2.20. The van der Waals surface area contributed by atoms with Gasteiger partial charge in [-0.25, -0.2) is 4.39 Å². The summed E-state index contributed by atoms with van der Waals surface area (Å²) in [6.45, 7) is 0. The van der Waals surface area contributed by atoms with E-state index in [1.54, 1.807) is 12.1 Å². The van der Waals surface area contributed by atoms with Crippen LogP contribution in [-0.4, -0.2) is 0 Å². The normalized spacial score (nSPS) is 11.8. The summed E-state index contributed by atoms with van der Waals surface area (Å²) in [5.41, 5.74) is 5.82. The lowest BCUT2D eigenvalue weighted by Crippen LogP contribution is -2.10. The molecule has 0 saturated carbocycles. The number of hydrogen-bond donors (Lipinski definition) is 0. The van der Waals surface area contributed by atoms with Crippen molar-refractivity contribution in [2.75, 3.05) is 4.90 Å². The number of hydrogen-bond acceptors (Lipinski definition) is 3. The van der Waals surface area contributed by atoms with Crippen LogP contribution in [0.1, 0.15) is 0 Å². The van der Waals surface area contributed by atoms with E-state index in [2.05, 4.69) is 59.5 Å². The number of benzene rings is 6. The van der Waals surface area contributed by atoms with Gasteiger partial charge in [0.25, 0.3) is 0 Å². The monoisotopic (exact) mass is 493 g/mol. The molecule has 0 N–H and O–H groups in total. The Hall–Kier alpha value is -5.09. The number of furan rings is 2. The van der Waals surface area contributed by atoms with Crippen molar-refractivity contribution in [3.8, 4) is 0 Å². The fourth-order valence-electron chi connectivity index (χ4n) is 5.60. The molecule has 0 aliphatic heterocycles. The average molecular weight is 494 g/mol. The second-order valence-electron chi connectivity index (χ2n) is 9.51. The summed E-state index contributed by atoms with van der Waals surface area (Å²) in [5.74, 6) is -0.282. The maximum atomic E-state index is 13.9. The minimum Gasteiger partial charge on any atom is -0.456 e. The first-order valence-electron chi connectivity index (χ1n) is 12.5. The number of halogens is 1. The van der Waals surface area contributed by atoms with E-state index in [-0.39, 0.29) is 5.82 Å². The van der Waals surface area contributed by atoms with Gasteiger partial charge in [0.15, 0.2) is 5.58 Å². The highest BCUT2D eigenvalue weighted by molar-refractivity contribution is 6.19. The van der Waals surface area contributed by atoms with Gasteiger partial charge in [0.2, 0.25) is 0 Å². The molecule has 0 saturated heterocycles. The zero-order valence-corrected chi connectivity index (χ0v) is 20.2. The molecule has 0 aliphatic rings. The zero-order chi connectivity index (χ0) is 25.2. The molecule has 0 radical (unpaired) electrons. The van der Waals surface area contributed by atoms with Crippen LogP contribution in [0.5, 0.6) is 0 Å². The van der Waals surface area contributed by atoms with Gasteiger partial charge in [-0.3, -0.25) is 0 Å². The van der Waals surface area contributed by atoms with Crippen LogP contribution < -0.4 is 4.90 Å². The maximum absolute atomic E-state index is 13.9. The lowest BCUT2D eigenvalue weighted by atomic mass is 10.0. The Morgan fingerprint density at radius 1 is 0.500 bits per heavy atom. The second kappa shape index (κ2) is 7.95. The lowest BCUT2D eigenvalue weighted by Gasteiger charge is -2.25. The van der Waals surface area contributed by atoms with Gasteiger partial charge in [-0.1, -0.05) is 60.7 Å². The average Bonchev–Trinajstić information content (AvgIpc) is 3.53. The van der Waals surface area contributed by atoms with Gasteiger partial charge in [-0.15, -0.1) is 0 Å². The first kappa shape index (κ1) is 21.0. The summed E-state index contributed by atoms with van der Waals surface area (Å²) in [7, 11) is 0. The van der Waals surface area contributed by atoms with Crippen molar-refractivity contribution in [1.82, 2.24) is 0 Å². The Morgan fingerprint density at radius 2 is 1.26 bits per heavy atom. The summed E-state index contributed by atoms with van der Waals surface area (Å²) in [6, 6.07) is 39.4. The minimum atomic E-state index is -0.282. The predicted molar refractivity (Wildman–Crippen MR) is 153 cm³/mol. The van der Waals surface area contributed by atoms with Gasteiger partial charge in [0, 0.05) is 33.3 Å². The molecular weight excluding hydrogens is 473 g/mol. The predicted octanol–water partition coefficient (Wildman–Crippen LogP) is 10.2. The van der Waals surface area contributed by atoms with Crippen molar-refractivity contribution in [3.05, 3.63) is 127 Å². The quantitative estimate of drug-likeness (QED) is 0.245. The fourth-order valence-corrected chi connectivity index (χ4v) is 5.60. The van der Waals surface area contributed by atoms with E-state index in [0.717, 1.165) is 60.9 Å². The molecular formula is C34H20FNO2. The third-order valence-electron chi connectivity index (χ3n) is 7.31. The van der Waals surface area contributed by atoms with E-state index in [0.29, 0.717) is 0 Å². The molecule has 2 aromatic heterocycles. The smallest absolute Gasteiger partial charge is 0.159 e. The van der Waals surface area contributed by atoms with Crippen LogP contribution >= 0.6 is 0 Å². The first-order chi connectivity index (χ1) is 18.7. The van der Waals surface area contributed by atoms with Gasteiger partial charge < -0.3 is 13.7 Å². The third kappa shape index (κ3) is 3.07. The van der Waals surface area contributed by atoms with Crippen LogP contribution in [0, 0.1) is 5.82 Å². The summed E-state index contributed by atoms with van der Waals surface area (Å²) in [5, 5.41) is 6.60. The van der Waals surface area contributed by atoms with E-state index in [9.17, 15) is 4.39 Å². The van der Waals surface area contributed by atoms with Crippen LogP contribution in [0.4, 0.5) is 21.5 Å². The van der Waals surface area contributed by atoms with Crippen LogP contribution in [0.25, 0.3) is 54.6 Å². The Balaban J connectivity index is 1.40. The van der Waals surface area contributed by atoms with Crippen molar-refractivity contribution in [2.24, 2.45) is 0 Å². The second-order valence-corrected chi connectivity index (χ2v) is 9.51. The summed E-state index contributed by atoms with van der Waals surface area (Å²) < 4.78 is 26.7. The van der Waals surface area contributed by atoms with E-state index in [1.165, 1.54) is 22.9 Å². The van der Waals surface area contributed by atoms with Crippen LogP contribution in [-0.2, 0) is 0 Å². The molecule has 3 nitrogen and oxygen atoms in total. The van der Waals surface area contributed by atoms with E-state index < -0.39 is 0 Å². The van der Waals surface area contributed by atoms with Crippen LogP contribution in [0.3, 0.4) is 0 Å². The molecule has 0 spiro atoms. The molecule has 0 aliphatic carbocycles. The molecule has 0 atom stereocenters. The van der Waals surface area contributed by atoms with E-state index in [4.69, 9.17) is 8.83 Å². The number of anilines is 3. The van der Waals surface area contributed by atoms with Gasteiger partial charge in [0.05, 0.1) is 11.4 Å². The van der Waals surface area contributed by atoms with Gasteiger partial charge in [-0.2, -0.15) is 0 Å². The topological polar surface area (TPSA) is 29.5 Å². The third-order valence-corrected chi connectivity index (χ3v) is 7.31. The van der Waals surface area contributed by atoms with Gasteiger partial charge >= 0.3 is 0 Å². The number of fused-ring (bicyclic) bond motifs is 8. The van der Waals surface area contributed by atoms with Crippen molar-refractivity contribution in [2.45, 2.75) is 0 Å². The van der Waals surface area contributed by atoms with Crippen molar-refractivity contribution >= 4 is 71.7 Å². The largest absolute Gasteiger partial charge is 0.456 e. The summed E-state index contributed by atoms with van der Waals surface area (Å²) >= 11 is 0. The molecule has 8 aromatic rings. The van der Waals surface area contributed by atoms with Crippen LogP contribution in [0.15, 0.2) is 130 Å². The Kier molecular flexibility index (Phi) is 4.40. The zero-order valence-electron chi connectivity index (χ0n) is 20.2. The Bertz CT molecular complexity index is 2150. The van der Waals surface area contributed by atoms with Crippen molar-refractivity contribution < 1.29 is 13.2 Å².